The first kappa shape index (κ1) is 51.8. The van der Waals surface area contributed by atoms with Gasteiger partial charge in [-0.2, -0.15) is 53.9 Å². The molecule has 0 radical (unpaired) electrons. The van der Waals surface area contributed by atoms with E-state index >= 15 is 0 Å². The highest BCUT2D eigenvalue weighted by atomic mass is 32.2. The second-order valence-corrected chi connectivity index (χ2v) is 20.1. The van der Waals surface area contributed by atoms with E-state index in [1.165, 1.54) is 0 Å². The minimum absolute atomic E-state index is 0.388. The van der Waals surface area contributed by atoms with E-state index < -0.39 is 169 Å². The summed E-state index contributed by atoms with van der Waals surface area (Å²) in [6.07, 6.45) is 0. The van der Waals surface area contributed by atoms with E-state index in [-0.39, 0.29) is 10.8 Å². The van der Waals surface area contributed by atoms with Crippen molar-refractivity contribution in [2.75, 3.05) is 10.6 Å². The summed E-state index contributed by atoms with van der Waals surface area (Å²) in [4.78, 5) is 68.7. The SMILES string of the molecule is O=C(O)c1cc(Nc2nc(Nc3cc(C(=O)O)c(N=Nc4cc(S(=O)(=O)O)c5cccc(S(=O)(=O)O)c5c4)cc3C(=O)O)[nH]c(=O)n2)c(C(=O)O)cc1N=Nc1cc(S(=O)(=O)O)c2cccc(S(=O)(=O)O)c2c1. The summed E-state index contributed by atoms with van der Waals surface area (Å²) >= 11 is 0. The Balaban J connectivity index is 1.25. The average molecular weight is 1080 g/mol. The lowest BCUT2D eigenvalue weighted by Crippen LogP contribution is -2.18. The van der Waals surface area contributed by atoms with Crippen LogP contribution in [0.4, 0.5) is 46.0 Å². The molecule has 11 N–H and O–H groups in total. The molecule has 7 aromatic rings. The van der Waals surface area contributed by atoms with Crippen LogP contribution in [0.3, 0.4) is 0 Å². The summed E-state index contributed by atoms with van der Waals surface area (Å²) in [7, 11) is -20.3. The molecule has 0 aliphatic rings. The minimum atomic E-state index is -5.13. The number of anilines is 4. The fourth-order valence-corrected chi connectivity index (χ4v) is 9.67. The van der Waals surface area contributed by atoms with Crippen LogP contribution in [0.25, 0.3) is 21.5 Å². The van der Waals surface area contributed by atoms with Crippen LogP contribution in [0.15, 0.2) is 130 Å². The maximum Gasteiger partial charge on any atom is 0.351 e. The molecule has 1 aromatic heterocycles. The summed E-state index contributed by atoms with van der Waals surface area (Å²) in [6.45, 7) is 0. The van der Waals surface area contributed by atoms with E-state index in [2.05, 4.69) is 46.0 Å². The molecule has 0 saturated heterocycles. The molecule has 6 aromatic carbocycles. The van der Waals surface area contributed by atoms with Gasteiger partial charge in [-0.25, -0.2) is 24.0 Å². The monoisotopic (exact) mass is 1080 g/mol. The third kappa shape index (κ3) is 11.1. The molecule has 0 bridgehead atoms. The zero-order chi connectivity index (χ0) is 53.7. The Hall–Kier alpha value is -9.03. The number of fused-ring (bicyclic) bond motifs is 2. The molecule has 0 aliphatic carbocycles. The van der Waals surface area contributed by atoms with E-state index in [1.54, 1.807) is 0 Å². The molecule has 376 valence electrons. The van der Waals surface area contributed by atoms with Crippen LogP contribution >= 0.6 is 0 Å². The van der Waals surface area contributed by atoms with Crippen molar-refractivity contribution in [2.24, 2.45) is 20.5 Å². The van der Waals surface area contributed by atoms with Crippen molar-refractivity contribution in [2.45, 2.75) is 19.6 Å². The number of nitrogens with zero attached hydrogens (tertiary/aromatic N) is 6. The van der Waals surface area contributed by atoms with Gasteiger partial charge in [-0.1, -0.05) is 24.3 Å². The number of aromatic nitrogens is 3. The quantitative estimate of drug-likeness (QED) is 0.0416. The molecule has 0 fully saturated rings. The first-order chi connectivity index (χ1) is 33.9. The van der Waals surface area contributed by atoms with Crippen molar-refractivity contribution in [1.82, 2.24) is 15.0 Å². The Kier molecular flexibility index (Phi) is 13.4. The Morgan fingerprint density at radius 2 is 0.836 bits per heavy atom. The van der Waals surface area contributed by atoms with E-state index in [4.69, 9.17) is 0 Å². The molecule has 0 aliphatic heterocycles. The largest absolute Gasteiger partial charge is 0.478 e. The van der Waals surface area contributed by atoms with Crippen molar-refractivity contribution >= 4 is 132 Å². The first-order valence-corrected chi connectivity index (χ1v) is 24.9. The van der Waals surface area contributed by atoms with Crippen molar-refractivity contribution < 1.29 is 91.5 Å². The van der Waals surface area contributed by atoms with Crippen LogP contribution < -0.4 is 16.3 Å². The lowest BCUT2D eigenvalue weighted by Gasteiger charge is -2.13. The summed E-state index contributed by atoms with van der Waals surface area (Å²) in [6, 6.07) is 11.9. The number of hydrogen-bond acceptors (Lipinski definition) is 21. The Morgan fingerprint density at radius 1 is 0.452 bits per heavy atom. The lowest BCUT2D eigenvalue weighted by atomic mass is 10.1. The smallest absolute Gasteiger partial charge is 0.351 e. The first-order valence-electron chi connectivity index (χ1n) is 19.1. The Morgan fingerprint density at radius 3 is 1.21 bits per heavy atom. The van der Waals surface area contributed by atoms with Gasteiger partial charge in [0, 0.05) is 21.5 Å². The molecule has 1 heterocycles. The van der Waals surface area contributed by atoms with E-state index in [1.807, 2.05) is 0 Å². The molecule has 30 nitrogen and oxygen atoms in total. The van der Waals surface area contributed by atoms with E-state index in [0.717, 1.165) is 48.5 Å². The standard InChI is InChI=1S/C39H25N9O21S4/c49-33(50)21-13-27(47-45-15-7-19-17(31(9-15)72(64,65)66)3-1-5-29(19)70(58,59)60)23(35(53)54)11-25(21)40-37-42-38(44-39(57)43-37)41-26-12-24(36(55)56)28(14-22(26)34(51)52)48-46-16-8-20-18(32(10-16)73(67,68)69)4-2-6-30(20)71(61,62)63/h1-14H,(H,49,50)(H,51,52)(H,53,54)(H,55,56)(H,58,59,60)(H,61,62,63)(H,64,65,66)(H,67,68,69)(H3,40,41,42,43,44,57). The molecule has 34 heteroatoms. The number of aromatic amines is 1. The number of carboxylic acid groups (broad SMARTS) is 4. The number of carboxylic acids is 4. The molecule has 0 saturated carbocycles. The van der Waals surface area contributed by atoms with E-state index in [9.17, 15) is 96.3 Å². The molecule has 0 atom stereocenters. The van der Waals surface area contributed by atoms with Gasteiger partial charge < -0.3 is 31.1 Å². The Labute approximate surface area is 405 Å². The number of benzene rings is 6. The van der Waals surface area contributed by atoms with Gasteiger partial charge >= 0.3 is 29.6 Å². The van der Waals surface area contributed by atoms with Crippen LogP contribution in [-0.4, -0.2) is 111 Å². The summed E-state index contributed by atoms with van der Waals surface area (Å²) < 4.78 is 137. The van der Waals surface area contributed by atoms with Crippen LogP contribution in [0.2, 0.25) is 0 Å². The van der Waals surface area contributed by atoms with Gasteiger partial charge in [0.1, 0.15) is 31.0 Å². The third-order valence-corrected chi connectivity index (χ3v) is 13.4. The fraction of sp³-hybridized carbons (Fsp3) is 0. The maximum atomic E-state index is 12.8. The summed E-state index contributed by atoms with van der Waals surface area (Å²) in [5.41, 5.74) is -8.40. The van der Waals surface area contributed by atoms with Gasteiger partial charge in [-0.3, -0.25) is 23.2 Å². The molecule has 0 spiro atoms. The molecule has 0 unspecified atom stereocenters. The molecule has 0 amide bonds. The number of aromatic carboxylic acids is 4. The number of azo groups is 2. The van der Waals surface area contributed by atoms with Crippen molar-refractivity contribution in [1.29, 1.82) is 0 Å². The van der Waals surface area contributed by atoms with Crippen molar-refractivity contribution in [3.63, 3.8) is 0 Å². The summed E-state index contributed by atoms with van der Waals surface area (Å²) in [5.74, 6) is -8.67. The molecule has 73 heavy (non-hydrogen) atoms. The Bertz CT molecular complexity index is 3940. The van der Waals surface area contributed by atoms with Gasteiger partial charge in [-0.15, -0.1) is 10.2 Å². The van der Waals surface area contributed by atoms with Crippen LogP contribution in [-0.2, 0) is 40.5 Å². The van der Waals surface area contributed by atoms with Gasteiger partial charge in [0.2, 0.25) is 11.9 Å². The maximum absolute atomic E-state index is 12.8. The number of nitrogens with one attached hydrogen (secondary N) is 3. The number of carbonyl (C=O) groups is 4. The minimum Gasteiger partial charge on any atom is -0.478 e. The topological polar surface area (TPSA) is 499 Å². The molecule has 7 rings (SSSR count). The van der Waals surface area contributed by atoms with E-state index in [0.29, 0.717) is 36.4 Å². The number of H-pyrrole nitrogens is 1. The highest BCUT2D eigenvalue weighted by molar-refractivity contribution is 7.87. The van der Waals surface area contributed by atoms with Gasteiger partial charge in [0.25, 0.3) is 40.5 Å². The van der Waals surface area contributed by atoms with Gasteiger partial charge in [0.05, 0.1) is 45.0 Å². The highest BCUT2D eigenvalue weighted by Gasteiger charge is 2.26. The molecular weight excluding hydrogens is 1060 g/mol. The lowest BCUT2D eigenvalue weighted by molar-refractivity contribution is 0.0682. The van der Waals surface area contributed by atoms with Crippen LogP contribution in [0, 0.1) is 0 Å². The number of rotatable bonds is 16. The third-order valence-electron chi connectivity index (χ3n) is 9.81. The highest BCUT2D eigenvalue weighted by Crippen LogP contribution is 2.38. The van der Waals surface area contributed by atoms with Gasteiger partial charge in [-0.05, 0) is 60.7 Å². The van der Waals surface area contributed by atoms with Gasteiger partial charge in [0.15, 0.2) is 0 Å². The van der Waals surface area contributed by atoms with Crippen LogP contribution in [0.5, 0.6) is 0 Å². The molecular formula is C39H25N9O21S4. The van der Waals surface area contributed by atoms with Crippen molar-refractivity contribution in [3.8, 4) is 0 Å². The van der Waals surface area contributed by atoms with Crippen molar-refractivity contribution in [3.05, 3.63) is 118 Å². The average Bonchev–Trinajstić information content (AvgIpc) is 3.27. The summed E-state index contributed by atoms with van der Waals surface area (Å²) in [5, 5.41) is 58.1. The number of hydrogen-bond donors (Lipinski definition) is 11. The second-order valence-electron chi connectivity index (χ2n) is 14.5. The zero-order valence-electron chi connectivity index (χ0n) is 35.3. The predicted octanol–water partition coefficient (Wildman–Crippen LogP) is 5.57. The normalized spacial score (nSPS) is 12.4. The predicted molar refractivity (Wildman–Crippen MR) is 245 cm³/mol. The van der Waals surface area contributed by atoms with Crippen LogP contribution in [0.1, 0.15) is 41.4 Å². The zero-order valence-corrected chi connectivity index (χ0v) is 38.6. The fourth-order valence-electron chi connectivity index (χ4n) is 6.83. The second kappa shape index (κ2) is 18.9.